The first-order valence-electron chi connectivity index (χ1n) is 8.02. The third kappa shape index (κ3) is 4.16. The lowest BCUT2D eigenvalue weighted by atomic mass is 10.0. The normalized spacial score (nSPS) is 15.3. The van der Waals surface area contributed by atoms with Crippen LogP contribution in [0.2, 0.25) is 0 Å². The molecule has 3 rings (SSSR count). The van der Waals surface area contributed by atoms with Crippen molar-refractivity contribution >= 4 is 17.2 Å². The number of carbonyl (C=O) groups is 1. The zero-order valence-corrected chi connectivity index (χ0v) is 13.5. The molecule has 1 amide bonds. The molecule has 2 heterocycles. The number of thiazole rings is 1. The number of amides is 1. The molecule has 0 aromatic carbocycles. The van der Waals surface area contributed by atoms with Gasteiger partial charge in [-0.2, -0.15) is 5.10 Å². The molecule has 0 aliphatic heterocycles. The highest BCUT2D eigenvalue weighted by Crippen LogP contribution is 2.28. The van der Waals surface area contributed by atoms with Gasteiger partial charge in [0.05, 0.1) is 5.69 Å². The Morgan fingerprint density at radius 3 is 3.05 bits per heavy atom. The van der Waals surface area contributed by atoms with Crippen molar-refractivity contribution < 1.29 is 4.79 Å². The van der Waals surface area contributed by atoms with Crippen LogP contribution in [0.15, 0.2) is 23.8 Å². The highest BCUT2D eigenvalue weighted by molar-refractivity contribution is 7.12. The van der Waals surface area contributed by atoms with E-state index in [0.717, 1.165) is 29.6 Å². The topological polar surface area (TPSA) is 59.8 Å². The van der Waals surface area contributed by atoms with E-state index < -0.39 is 0 Å². The summed E-state index contributed by atoms with van der Waals surface area (Å²) in [4.78, 5) is 16.4. The van der Waals surface area contributed by atoms with Gasteiger partial charge in [-0.1, -0.05) is 25.7 Å². The van der Waals surface area contributed by atoms with Crippen LogP contribution in [0.4, 0.5) is 0 Å². The van der Waals surface area contributed by atoms with Crippen molar-refractivity contribution in [2.24, 2.45) is 5.92 Å². The fourth-order valence-electron chi connectivity index (χ4n) is 2.95. The summed E-state index contributed by atoms with van der Waals surface area (Å²) in [5, 5.41) is 10.1. The summed E-state index contributed by atoms with van der Waals surface area (Å²) in [5.41, 5.74) is 1.01. The van der Waals surface area contributed by atoms with Gasteiger partial charge in [0.1, 0.15) is 0 Å². The Labute approximate surface area is 134 Å². The van der Waals surface area contributed by atoms with E-state index in [1.807, 2.05) is 17.6 Å². The summed E-state index contributed by atoms with van der Waals surface area (Å²) in [6.07, 6.45) is 11.4. The van der Waals surface area contributed by atoms with E-state index in [9.17, 15) is 4.79 Å². The predicted octanol–water partition coefficient (Wildman–Crippen LogP) is 2.96. The average molecular weight is 318 g/mol. The third-order valence-corrected chi connectivity index (χ3v) is 5.08. The number of carbonyl (C=O) groups excluding carboxylic acids is 1. The summed E-state index contributed by atoms with van der Waals surface area (Å²) >= 11 is 1.57. The number of nitrogens with one attached hydrogen (secondary N) is 1. The molecule has 1 aliphatic rings. The molecule has 0 radical (unpaired) electrons. The predicted molar refractivity (Wildman–Crippen MR) is 87.1 cm³/mol. The van der Waals surface area contributed by atoms with Crippen LogP contribution in [-0.4, -0.2) is 27.2 Å². The Morgan fingerprint density at radius 2 is 2.27 bits per heavy atom. The molecule has 0 bridgehead atoms. The van der Waals surface area contributed by atoms with Crippen molar-refractivity contribution in [1.29, 1.82) is 0 Å². The maximum absolute atomic E-state index is 11.8. The molecule has 0 atom stereocenters. The lowest BCUT2D eigenvalue weighted by molar-refractivity contribution is -0.121. The van der Waals surface area contributed by atoms with Gasteiger partial charge in [0.15, 0.2) is 0 Å². The van der Waals surface area contributed by atoms with Crippen LogP contribution in [0.3, 0.4) is 0 Å². The van der Waals surface area contributed by atoms with Gasteiger partial charge in [0.2, 0.25) is 11.0 Å². The Kier molecular flexibility index (Phi) is 5.21. The fraction of sp³-hybridized carbons (Fsp3) is 0.562. The zero-order chi connectivity index (χ0) is 15.2. The summed E-state index contributed by atoms with van der Waals surface area (Å²) in [7, 11) is 0. The Balaban J connectivity index is 1.36. The molecule has 1 saturated carbocycles. The summed E-state index contributed by atoms with van der Waals surface area (Å²) in [5.74, 6) is 0.954. The summed E-state index contributed by atoms with van der Waals surface area (Å²) in [6.45, 7) is 0.659. The molecule has 22 heavy (non-hydrogen) atoms. The van der Waals surface area contributed by atoms with Gasteiger partial charge in [-0.15, -0.1) is 11.3 Å². The smallest absolute Gasteiger partial charge is 0.220 e. The maximum atomic E-state index is 11.8. The Hall–Kier alpha value is -1.69. The molecule has 0 spiro atoms. The molecule has 0 saturated heterocycles. The van der Waals surface area contributed by atoms with E-state index >= 15 is 0 Å². The van der Waals surface area contributed by atoms with Crippen molar-refractivity contribution in [3.63, 3.8) is 0 Å². The van der Waals surface area contributed by atoms with E-state index in [1.54, 1.807) is 22.2 Å². The number of hydrogen-bond donors (Lipinski definition) is 1. The van der Waals surface area contributed by atoms with Crippen LogP contribution < -0.4 is 5.32 Å². The maximum Gasteiger partial charge on any atom is 0.220 e. The SMILES string of the molecule is O=C(CCC1CCCC1)NCCc1csc(-n2cccn2)n1. The Morgan fingerprint density at radius 1 is 1.41 bits per heavy atom. The first kappa shape index (κ1) is 15.2. The minimum Gasteiger partial charge on any atom is -0.356 e. The number of rotatable bonds is 7. The summed E-state index contributed by atoms with van der Waals surface area (Å²) < 4.78 is 1.76. The van der Waals surface area contributed by atoms with E-state index in [4.69, 9.17) is 0 Å². The third-order valence-electron chi connectivity index (χ3n) is 4.20. The van der Waals surface area contributed by atoms with E-state index in [-0.39, 0.29) is 5.91 Å². The first-order chi connectivity index (χ1) is 10.8. The van der Waals surface area contributed by atoms with E-state index in [0.29, 0.717) is 13.0 Å². The second-order valence-corrected chi connectivity index (χ2v) is 6.70. The quantitative estimate of drug-likeness (QED) is 0.854. The average Bonchev–Trinajstić information content (AvgIpc) is 3.26. The minimum atomic E-state index is 0.175. The van der Waals surface area contributed by atoms with Gasteiger partial charge in [0, 0.05) is 37.2 Å². The van der Waals surface area contributed by atoms with E-state index in [2.05, 4.69) is 15.4 Å². The monoisotopic (exact) mass is 318 g/mol. The molecule has 2 aromatic rings. The molecule has 1 fully saturated rings. The van der Waals surface area contributed by atoms with Crippen LogP contribution >= 0.6 is 11.3 Å². The van der Waals surface area contributed by atoms with Crippen molar-refractivity contribution in [3.05, 3.63) is 29.5 Å². The molecule has 1 N–H and O–H groups in total. The van der Waals surface area contributed by atoms with Gasteiger partial charge >= 0.3 is 0 Å². The van der Waals surface area contributed by atoms with E-state index in [1.165, 1.54) is 25.7 Å². The molecule has 1 aliphatic carbocycles. The van der Waals surface area contributed by atoms with Crippen LogP contribution in [0.25, 0.3) is 5.13 Å². The lowest BCUT2D eigenvalue weighted by Gasteiger charge is -2.08. The lowest BCUT2D eigenvalue weighted by Crippen LogP contribution is -2.25. The van der Waals surface area contributed by atoms with Crippen molar-refractivity contribution in [2.45, 2.75) is 44.9 Å². The number of aromatic nitrogens is 3. The van der Waals surface area contributed by atoms with Gasteiger partial charge in [-0.25, -0.2) is 9.67 Å². The van der Waals surface area contributed by atoms with Gasteiger partial charge < -0.3 is 5.32 Å². The standard InChI is InChI=1S/C16H22N4OS/c21-15(7-6-13-4-1-2-5-13)17-10-8-14-12-22-16(19-14)20-11-3-9-18-20/h3,9,11-13H,1-2,4-8,10H2,(H,17,21). The summed E-state index contributed by atoms with van der Waals surface area (Å²) in [6, 6.07) is 1.88. The first-order valence-corrected chi connectivity index (χ1v) is 8.90. The molecular formula is C16H22N4OS. The van der Waals surface area contributed by atoms with Crippen molar-refractivity contribution in [2.75, 3.05) is 6.54 Å². The molecule has 6 heteroatoms. The van der Waals surface area contributed by atoms with Crippen molar-refractivity contribution in [1.82, 2.24) is 20.1 Å². The fourth-order valence-corrected chi connectivity index (χ4v) is 3.75. The second-order valence-electron chi connectivity index (χ2n) is 5.86. The molecule has 2 aromatic heterocycles. The van der Waals surface area contributed by atoms with Gasteiger partial charge in [-0.3, -0.25) is 4.79 Å². The highest BCUT2D eigenvalue weighted by Gasteiger charge is 2.16. The largest absolute Gasteiger partial charge is 0.356 e. The van der Waals surface area contributed by atoms with Crippen LogP contribution in [0.5, 0.6) is 0 Å². The van der Waals surface area contributed by atoms with Gasteiger partial charge in [0.25, 0.3) is 0 Å². The number of nitrogens with zero attached hydrogens (tertiary/aromatic N) is 3. The van der Waals surface area contributed by atoms with Crippen molar-refractivity contribution in [3.8, 4) is 5.13 Å². The van der Waals surface area contributed by atoms with Crippen LogP contribution in [-0.2, 0) is 11.2 Å². The molecule has 0 unspecified atom stereocenters. The van der Waals surface area contributed by atoms with Crippen LogP contribution in [0, 0.1) is 5.92 Å². The van der Waals surface area contributed by atoms with Crippen LogP contribution in [0.1, 0.15) is 44.2 Å². The number of hydrogen-bond acceptors (Lipinski definition) is 4. The molecule has 5 nitrogen and oxygen atoms in total. The molecular weight excluding hydrogens is 296 g/mol. The molecule has 118 valence electrons. The minimum absolute atomic E-state index is 0.175. The van der Waals surface area contributed by atoms with Gasteiger partial charge in [-0.05, 0) is 18.4 Å². The highest BCUT2D eigenvalue weighted by atomic mass is 32.1. The zero-order valence-electron chi connectivity index (χ0n) is 12.7. The Bertz CT molecular complexity index is 587. The second kappa shape index (κ2) is 7.54.